The molecule has 0 aliphatic carbocycles. The number of halogens is 3. The van der Waals surface area contributed by atoms with E-state index in [0.29, 0.717) is 73.2 Å². The summed E-state index contributed by atoms with van der Waals surface area (Å²) in [5.74, 6) is 8.36. The quantitative estimate of drug-likeness (QED) is 0.00440. The molecule has 13 aromatic rings. The average Bonchev–Trinajstić information content (AvgIpc) is 1.76. The molecule has 34 nitrogen and oxygen atoms in total. The molecule has 114 heavy (non-hydrogen) atoms. The molecule has 12 N–H and O–H groups in total. The summed E-state index contributed by atoms with van der Waals surface area (Å²) in [6.45, 7) is 30.5. The van der Waals surface area contributed by atoms with Crippen molar-refractivity contribution >= 4 is 158 Å². The Morgan fingerprint density at radius 2 is 0.886 bits per heavy atom. The largest absolute Gasteiger partial charge is 2.00 e. The number of benzene rings is 2. The van der Waals surface area contributed by atoms with Gasteiger partial charge in [0.05, 0.1) is 116 Å². The van der Waals surface area contributed by atoms with Crippen LogP contribution in [0.4, 0.5) is 34.4 Å². The molecule has 13 rings (SSSR count). The molecule has 43 heteroatoms. The molecule has 11 heterocycles. The van der Waals surface area contributed by atoms with E-state index in [0.717, 1.165) is 48.0 Å². The molecule has 594 valence electrons. The topological polar surface area (TPSA) is 486 Å². The van der Waals surface area contributed by atoms with Crippen molar-refractivity contribution in [2.75, 3.05) is 56.4 Å². The van der Waals surface area contributed by atoms with Gasteiger partial charge >= 0.3 is 19.5 Å². The SMILES string of the molecule is C.C.C.C.C.CSc1nccc(-c2[nH]ncc2I)n1.CSc1nccc(-c2ccn[nH]2)n1.CSc1nccc(C(=O)/C=C/N(C)C)n1.II.NN.Nc1ccccc1.[C-]#N.[C-]#N.[C-]#[N+]c1cn[nH]c1-c1ccnc(Nc2ccccc2)n1.[C-]#[N+]c1cn[nH]c1-c1ccnc(S(C)=O)n1.[C-]#[N+]c1cn[nH]c1-c1ccnc(SC)n1.[HH].[Zn+2]. The molecule has 1 atom stereocenters. The normalized spacial score (nSPS) is 9.24. The van der Waals surface area contributed by atoms with Gasteiger partial charge in [0.1, 0.15) is 5.69 Å². The summed E-state index contributed by atoms with van der Waals surface area (Å²) >= 11 is 12.4. The van der Waals surface area contributed by atoms with Gasteiger partial charge in [0.15, 0.2) is 20.6 Å². The molecule has 0 radical (unpaired) electrons. The number of nitrogens with one attached hydrogen (secondary N) is 6. The third-order valence-corrected chi connectivity index (χ3v) is 15.8. The molecule has 11 aromatic heterocycles. The zero-order chi connectivity index (χ0) is 79.4. The van der Waals surface area contributed by atoms with Crippen LogP contribution in [0.25, 0.3) is 71.5 Å². The van der Waals surface area contributed by atoms with Crippen molar-refractivity contribution in [1.29, 1.82) is 10.5 Å². The Hall–Kier alpha value is -10.5. The van der Waals surface area contributed by atoms with E-state index in [4.69, 9.17) is 49.1 Å². The number of ketones is 1. The van der Waals surface area contributed by atoms with Crippen LogP contribution in [-0.4, -0.2) is 171 Å². The van der Waals surface area contributed by atoms with Gasteiger partial charge in [-0.05, 0) is 114 Å². The number of nitrogen functional groups attached to an aromatic ring is 1. The molecule has 0 saturated carbocycles. The minimum Gasteiger partial charge on any atom is -0.512 e. The average molecular weight is 2030 g/mol. The van der Waals surface area contributed by atoms with Crippen molar-refractivity contribution in [2.24, 2.45) is 11.7 Å². The van der Waals surface area contributed by atoms with E-state index >= 15 is 0 Å². The number of hydrazine groups is 1. The third kappa shape index (κ3) is 38.4. The third-order valence-electron chi connectivity index (χ3n) is 12.0. The summed E-state index contributed by atoms with van der Waals surface area (Å²) in [7, 11) is 2.47. The van der Waals surface area contributed by atoms with E-state index in [1.807, 2.05) is 118 Å². The molecule has 0 spiro atoms. The van der Waals surface area contributed by atoms with Crippen molar-refractivity contribution in [1.82, 2.24) is 116 Å². The van der Waals surface area contributed by atoms with Gasteiger partial charge in [0, 0.05) is 126 Å². The number of nitrogens with two attached hydrogens (primary N) is 3. The summed E-state index contributed by atoms with van der Waals surface area (Å²) < 4.78 is 12.3. The van der Waals surface area contributed by atoms with Gasteiger partial charge < -0.3 is 39.6 Å². The molecular weight excluding hydrogens is 1940 g/mol. The predicted molar refractivity (Wildman–Crippen MR) is 481 cm³/mol. The summed E-state index contributed by atoms with van der Waals surface area (Å²) in [6, 6.07) is 31.5. The second-order valence-corrected chi connectivity index (χ2v) is 24.5. The van der Waals surface area contributed by atoms with E-state index in [1.54, 1.807) is 78.7 Å². The van der Waals surface area contributed by atoms with Crippen LogP contribution in [0.2, 0.25) is 0 Å². The van der Waals surface area contributed by atoms with Gasteiger partial charge in [0.25, 0.3) is 0 Å². The maximum atomic E-state index is 11.6. The first kappa shape index (κ1) is 110. The van der Waals surface area contributed by atoms with Crippen molar-refractivity contribution in [2.45, 2.75) is 62.9 Å². The Morgan fingerprint density at radius 3 is 1.28 bits per heavy atom. The van der Waals surface area contributed by atoms with Crippen LogP contribution in [0.15, 0.2) is 209 Å². The first-order chi connectivity index (χ1) is 52.7. The number of aromatic nitrogens is 22. The molecule has 0 bridgehead atoms. The van der Waals surface area contributed by atoms with Crippen molar-refractivity contribution in [3.05, 3.63) is 240 Å². The van der Waals surface area contributed by atoms with E-state index in [9.17, 15) is 9.00 Å². The molecule has 0 fully saturated rings. The molecular formula is C71H85I3N32O2S5Zn. The molecule has 2 aromatic carbocycles. The van der Waals surface area contributed by atoms with Crippen LogP contribution in [0.5, 0.6) is 0 Å². The van der Waals surface area contributed by atoms with Crippen LogP contribution in [0.3, 0.4) is 0 Å². The Balaban J connectivity index is -0.000000403. The Labute approximate surface area is 735 Å². The minimum absolute atomic E-state index is 0. The maximum absolute atomic E-state index is 11.6. The number of carbonyl (C=O) groups is 1. The van der Waals surface area contributed by atoms with Crippen molar-refractivity contribution < 1.29 is 29.9 Å². The van der Waals surface area contributed by atoms with Gasteiger partial charge in [-0.25, -0.2) is 74.3 Å². The van der Waals surface area contributed by atoms with Crippen LogP contribution in [-0.2, 0) is 30.3 Å². The number of allylic oxidation sites excluding steroid dienone is 1. The van der Waals surface area contributed by atoms with Gasteiger partial charge in [0.2, 0.25) is 34.0 Å². The van der Waals surface area contributed by atoms with Crippen molar-refractivity contribution in [3.8, 4) is 56.9 Å². The Morgan fingerprint density at radius 1 is 0.509 bits per heavy atom. The van der Waals surface area contributed by atoms with Crippen LogP contribution < -0.4 is 22.7 Å². The predicted octanol–water partition coefficient (Wildman–Crippen LogP) is 17.2. The van der Waals surface area contributed by atoms with E-state index < -0.39 is 10.8 Å². The molecule has 0 saturated heterocycles. The minimum atomic E-state index is -1.24. The number of aromatic amines is 5. The summed E-state index contributed by atoms with van der Waals surface area (Å²) in [5, 5.41) is 51.9. The smallest absolute Gasteiger partial charge is 0.512 e. The number of rotatable bonds is 15. The van der Waals surface area contributed by atoms with Gasteiger partial charge in [-0.15, -0.1) is 0 Å². The van der Waals surface area contributed by atoms with Crippen LogP contribution >= 0.6 is 107 Å². The number of H-pyrrole nitrogens is 5. The second-order valence-electron chi connectivity index (χ2n) is 19.0. The van der Waals surface area contributed by atoms with E-state index in [-0.39, 0.29) is 69.0 Å². The molecule has 0 amide bonds. The van der Waals surface area contributed by atoms with Crippen LogP contribution in [0, 0.1) is 47.0 Å². The number of hydrogen-bond donors (Lipinski definition) is 9. The molecule has 0 aliphatic rings. The fourth-order valence-electron chi connectivity index (χ4n) is 7.41. The number of thioether (sulfide) groups is 4. The maximum Gasteiger partial charge on any atom is 2.00 e. The standard InChI is InChI=1S/C14H10N6.C10H13N3OS.C9H7N5OS.C9H7N5S.C8H7IN4S.C8H8N4S.C6H7N.2CN.5CH4.I2.H4N2.Zn.H2/c1-15-12-9-17-20-13(12)11-7-8-16-14(19-11)18-10-5-3-2-4-6-10;1-13(2)7-5-9(14)8-4-6-11-10(12-8)15-3;1-10-7-5-12-14-8(7)6-3-4-11-9(13-6)16(2)15;1-10-7-5-12-14-8(7)6-3-4-11-9(13-6)15-2;1-14-8-10-3-2-6(12-8)7-5(9)4-11-13-7;1-13-8-9-4-2-6(11-8)7-3-5-10-12-7;7-6-4-2-1-3-5-6;2*1-2;;;;;;2*1-2;;/h2-9H,(H,17,20)(H,16,18,19);4-7H,1-3H3;3-5H,2H3,(H,12,14);3-5H,2H3,(H,12,14);2-4H,1H3,(H,11,13);2-5H,1H3,(H,10,12);1-5H,7H2;;;5*1H4;;1-2H2;;1H/q;;;;;;;2*-1;;;;;;;;+2;/b;7-5+;;;;;;;;;;;;;;;;. The summed E-state index contributed by atoms with van der Waals surface area (Å²) in [4.78, 5) is 73.3. The van der Waals surface area contributed by atoms with Gasteiger partial charge in [-0.2, -0.15) is 25.5 Å². The monoisotopic (exact) mass is 2020 g/mol. The van der Waals surface area contributed by atoms with Crippen LogP contribution in [0.1, 0.15) is 49.0 Å². The van der Waals surface area contributed by atoms with Crippen molar-refractivity contribution in [3.63, 3.8) is 0 Å². The number of hydrogen-bond acceptors (Lipinski definition) is 30. The Kier molecular flexibility index (Phi) is 62.6. The zero-order valence-corrected chi connectivity index (χ0v) is 72.1. The fraction of sp³-hybridized carbons (Fsp3) is 0.169. The number of anilines is 3. The fourth-order valence-corrected chi connectivity index (χ4v) is 9.81. The first-order valence-electron chi connectivity index (χ1n) is 29.5. The number of para-hydroxylation sites is 2. The summed E-state index contributed by atoms with van der Waals surface area (Å²) in [5.41, 5.74) is 16.0. The molecule has 1 unspecified atom stereocenters. The first-order valence-corrected chi connectivity index (χ1v) is 43.3. The van der Waals surface area contributed by atoms with Gasteiger partial charge in [-0.1, -0.05) is 121 Å². The Bertz CT molecular complexity index is 5000. The molecule has 0 aliphatic heterocycles. The summed E-state index contributed by atoms with van der Waals surface area (Å²) in [6.07, 6.45) is 30.2. The van der Waals surface area contributed by atoms with Gasteiger partial charge in [-0.3, -0.25) is 46.2 Å². The number of carbonyl (C=O) groups excluding carboxylic acids is 1. The number of nitrogens with zero attached hydrogens (tertiary/aromatic N) is 23. The van der Waals surface area contributed by atoms with E-state index in [1.165, 1.54) is 84.2 Å². The second kappa shape index (κ2) is 65.0. The zero-order valence-electron chi connectivity index (χ0n) is 58.5. The van der Waals surface area contributed by atoms with E-state index in [2.05, 4.69) is 202 Å².